The van der Waals surface area contributed by atoms with Crippen LogP contribution >= 0.6 is 11.6 Å². The summed E-state index contributed by atoms with van der Waals surface area (Å²) in [5.41, 5.74) is 1.10. The lowest BCUT2D eigenvalue weighted by Gasteiger charge is -2.33. The maximum Gasteiger partial charge on any atom is 0.244 e. The van der Waals surface area contributed by atoms with Gasteiger partial charge in [-0.1, -0.05) is 18.5 Å². The summed E-state index contributed by atoms with van der Waals surface area (Å²) in [5, 5.41) is 13.0. The monoisotopic (exact) mass is 291 g/mol. The van der Waals surface area contributed by atoms with Crippen molar-refractivity contribution in [1.82, 2.24) is 5.32 Å². The maximum absolute atomic E-state index is 12.5. The summed E-state index contributed by atoms with van der Waals surface area (Å²) in [6, 6.07) is 6.99. The molecular weight excluding hydrogens is 274 g/mol. The number of hydrogen-bond donors (Lipinski definition) is 1. The number of carbonyl (C=O) groups is 1. The van der Waals surface area contributed by atoms with Crippen molar-refractivity contribution in [2.75, 3.05) is 18.0 Å². The standard InChI is InChI=1S/C15H18ClN3O/c1-2-7-18-13-4-3-8-19(15(13)20)14-9-12(16)6-5-11(14)10-17/h5-6,9,13,18H,2-4,7-8H2,1H3. The van der Waals surface area contributed by atoms with Crippen molar-refractivity contribution in [3.63, 3.8) is 0 Å². The Morgan fingerprint density at radius 1 is 1.55 bits per heavy atom. The number of halogens is 1. The number of anilines is 1. The maximum atomic E-state index is 12.5. The molecule has 20 heavy (non-hydrogen) atoms. The molecule has 4 nitrogen and oxygen atoms in total. The first-order valence-electron chi connectivity index (χ1n) is 6.91. The fraction of sp³-hybridized carbons (Fsp3) is 0.467. The van der Waals surface area contributed by atoms with Gasteiger partial charge in [0.25, 0.3) is 0 Å². The van der Waals surface area contributed by atoms with Crippen LogP contribution in [0.25, 0.3) is 0 Å². The van der Waals surface area contributed by atoms with Crippen LogP contribution in [0.15, 0.2) is 18.2 Å². The molecule has 1 amide bonds. The lowest BCUT2D eigenvalue weighted by molar-refractivity contribution is -0.121. The summed E-state index contributed by atoms with van der Waals surface area (Å²) < 4.78 is 0. The van der Waals surface area contributed by atoms with Gasteiger partial charge < -0.3 is 10.2 Å². The third kappa shape index (κ3) is 3.12. The van der Waals surface area contributed by atoms with Crippen LogP contribution in [0.4, 0.5) is 5.69 Å². The summed E-state index contributed by atoms with van der Waals surface area (Å²) in [5.74, 6) is 0.0310. The van der Waals surface area contributed by atoms with E-state index in [0.29, 0.717) is 22.8 Å². The molecule has 1 N–H and O–H groups in total. The largest absolute Gasteiger partial charge is 0.310 e. The van der Waals surface area contributed by atoms with E-state index in [1.54, 1.807) is 23.1 Å². The molecule has 1 unspecified atom stereocenters. The van der Waals surface area contributed by atoms with Crippen LogP contribution in [-0.2, 0) is 4.79 Å². The molecule has 1 aromatic rings. The van der Waals surface area contributed by atoms with E-state index in [1.165, 1.54) is 0 Å². The van der Waals surface area contributed by atoms with Crippen molar-refractivity contribution in [2.24, 2.45) is 0 Å². The number of nitrogens with one attached hydrogen (secondary N) is 1. The van der Waals surface area contributed by atoms with E-state index in [0.717, 1.165) is 25.8 Å². The molecule has 2 rings (SSSR count). The van der Waals surface area contributed by atoms with Crippen LogP contribution in [0, 0.1) is 11.3 Å². The minimum Gasteiger partial charge on any atom is -0.310 e. The zero-order chi connectivity index (χ0) is 14.5. The summed E-state index contributed by atoms with van der Waals surface area (Å²) in [4.78, 5) is 14.2. The minimum atomic E-state index is -0.158. The molecule has 1 heterocycles. The van der Waals surface area contributed by atoms with E-state index >= 15 is 0 Å². The van der Waals surface area contributed by atoms with Crippen molar-refractivity contribution < 1.29 is 4.79 Å². The predicted molar refractivity (Wildman–Crippen MR) is 79.8 cm³/mol. The number of benzene rings is 1. The summed E-state index contributed by atoms with van der Waals surface area (Å²) >= 11 is 6.00. The first kappa shape index (κ1) is 14.8. The Morgan fingerprint density at radius 3 is 3.05 bits per heavy atom. The van der Waals surface area contributed by atoms with Gasteiger partial charge in [-0.2, -0.15) is 5.26 Å². The molecular formula is C15H18ClN3O. The normalized spacial score (nSPS) is 18.9. The van der Waals surface area contributed by atoms with Crippen molar-refractivity contribution in [3.05, 3.63) is 28.8 Å². The van der Waals surface area contributed by atoms with Crippen LogP contribution in [0.1, 0.15) is 31.7 Å². The highest BCUT2D eigenvalue weighted by atomic mass is 35.5. The topological polar surface area (TPSA) is 56.1 Å². The van der Waals surface area contributed by atoms with Crippen molar-refractivity contribution >= 4 is 23.2 Å². The van der Waals surface area contributed by atoms with Gasteiger partial charge in [0.2, 0.25) is 5.91 Å². The summed E-state index contributed by atoms with van der Waals surface area (Å²) in [6.07, 6.45) is 2.76. The lowest BCUT2D eigenvalue weighted by Crippen LogP contribution is -2.51. The van der Waals surface area contributed by atoms with Crippen LogP contribution in [0.2, 0.25) is 5.02 Å². The molecule has 106 valence electrons. The fourth-order valence-corrected chi connectivity index (χ4v) is 2.61. The van der Waals surface area contributed by atoms with Crippen LogP contribution in [0.3, 0.4) is 0 Å². The molecule has 5 heteroatoms. The Bertz CT molecular complexity index is 538. The zero-order valence-electron chi connectivity index (χ0n) is 11.5. The Hall–Kier alpha value is -1.57. The quantitative estimate of drug-likeness (QED) is 0.928. The molecule has 0 spiro atoms. The number of nitrogens with zero attached hydrogens (tertiary/aromatic N) is 2. The Balaban J connectivity index is 2.26. The minimum absolute atomic E-state index is 0.0310. The van der Waals surface area contributed by atoms with E-state index < -0.39 is 0 Å². The molecule has 0 radical (unpaired) electrons. The highest BCUT2D eigenvalue weighted by molar-refractivity contribution is 6.31. The highest BCUT2D eigenvalue weighted by Gasteiger charge is 2.30. The third-order valence-corrected chi connectivity index (χ3v) is 3.69. The van der Waals surface area contributed by atoms with Crippen molar-refractivity contribution in [3.8, 4) is 6.07 Å². The molecule has 1 aliphatic heterocycles. The van der Waals surface area contributed by atoms with Crippen LogP contribution in [-0.4, -0.2) is 25.0 Å². The third-order valence-electron chi connectivity index (χ3n) is 3.45. The smallest absolute Gasteiger partial charge is 0.244 e. The molecule has 0 aromatic heterocycles. The first-order chi connectivity index (χ1) is 9.67. The summed E-state index contributed by atoms with van der Waals surface area (Å²) in [7, 11) is 0. The van der Waals surface area contributed by atoms with Crippen LogP contribution < -0.4 is 10.2 Å². The van der Waals surface area contributed by atoms with Gasteiger partial charge in [0, 0.05) is 11.6 Å². The highest BCUT2D eigenvalue weighted by Crippen LogP contribution is 2.27. The van der Waals surface area contributed by atoms with Gasteiger partial charge in [0.05, 0.1) is 17.3 Å². The van der Waals surface area contributed by atoms with Gasteiger partial charge in [-0.05, 0) is 44.0 Å². The van der Waals surface area contributed by atoms with Crippen molar-refractivity contribution in [1.29, 1.82) is 5.26 Å². The second-order valence-electron chi connectivity index (χ2n) is 4.91. The van der Waals surface area contributed by atoms with E-state index in [2.05, 4.69) is 18.3 Å². The van der Waals surface area contributed by atoms with Gasteiger partial charge in [-0.15, -0.1) is 0 Å². The molecule has 1 aliphatic rings. The van der Waals surface area contributed by atoms with E-state index in [1.807, 2.05) is 0 Å². The average molecular weight is 292 g/mol. The van der Waals surface area contributed by atoms with Gasteiger partial charge in [-0.25, -0.2) is 0 Å². The Kier molecular flexibility index (Phi) is 4.99. The average Bonchev–Trinajstić information content (AvgIpc) is 2.46. The lowest BCUT2D eigenvalue weighted by atomic mass is 10.0. The van der Waals surface area contributed by atoms with E-state index in [4.69, 9.17) is 11.6 Å². The van der Waals surface area contributed by atoms with E-state index in [-0.39, 0.29) is 11.9 Å². The Labute approximate surface area is 124 Å². The number of piperidine rings is 1. The molecule has 1 fully saturated rings. The number of carbonyl (C=O) groups excluding carboxylic acids is 1. The van der Waals surface area contributed by atoms with Gasteiger partial charge >= 0.3 is 0 Å². The summed E-state index contributed by atoms with van der Waals surface area (Å²) in [6.45, 7) is 3.53. The molecule has 1 atom stereocenters. The van der Waals surface area contributed by atoms with Gasteiger partial charge in [0.15, 0.2) is 0 Å². The number of amides is 1. The SMILES string of the molecule is CCCNC1CCCN(c2cc(Cl)ccc2C#N)C1=O. The van der Waals surface area contributed by atoms with Gasteiger partial charge in [0.1, 0.15) is 6.07 Å². The van der Waals surface area contributed by atoms with E-state index in [9.17, 15) is 10.1 Å². The van der Waals surface area contributed by atoms with Crippen molar-refractivity contribution in [2.45, 2.75) is 32.2 Å². The second kappa shape index (κ2) is 6.74. The Morgan fingerprint density at radius 2 is 2.35 bits per heavy atom. The number of hydrogen-bond acceptors (Lipinski definition) is 3. The molecule has 0 aliphatic carbocycles. The molecule has 0 bridgehead atoms. The molecule has 1 aromatic carbocycles. The second-order valence-corrected chi connectivity index (χ2v) is 5.35. The molecule has 1 saturated heterocycles. The predicted octanol–water partition coefficient (Wildman–Crippen LogP) is 2.71. The number of rotatable bonds is 4. The van der Waals surface area contributed by atoms with Gasteiger partial charge in [-0.3, -0.25) is 4.79 Å². The zero-order valence-corrected chi connectivity index (χ0v) is 12.3. The first-order valence-corrected chi connectivity index (χ1v) is 7.29. The number of nitriles is 1. The fourth-order valence-electron chi connectivity index (χ4n) is 2.45. The van der Waals surface area contributed by atoms with Crippen LogP contribution in [0.5, 0.6) is 0 Å². The molecule has 0 saturated carbocycles.